The van der Waals surface area contributed by atoms with Crippen molar-refractivity contribution in [1.82, 2.24) is 0 Å². The molecule has 0 saturated carbocycles. The minimum atomic E-state index is -0.410. The minimum absolute atomic E-state index is 0.0118. The average Bonchev–Trinajstić information content (AvgIpc) is 2.93. The highest BCUT2D eigenvalue weighted by Crippen LogP contribution is 2.34. The molecule has 0 spiro atoms. The van der Waals surface area contributed by atoms with Gasteiger partial charge in [-0.2, -0.15) is 0 Å². The van der Waals surface area contributed by atoms with E-state index in [-0.39, 0.29) is 29.1 Å². The summed E-state index contributed by atoms with van der Waals surface area (Å²) >= 11 is 0. The fraction of sp³-hybridized carbons (Fsp3) is 0.421. The molecule has 1 fully saturated rings. The Balaban J connectivity index is 3.28. The molecule has 126 valence electrons. The van der Waals surface area contributed by atoms with E-state index in [2.05, 4.69) is 13.2 Å². The van der Waals surface area contributed by atoms with Gasteiger partial charge in [0.2, 0.25) is 0 Å². The number of ketones is 1. The van der Waals surface area contributed by atoms with E-state index in [0.717, 1.165) is 6.26 Å². The van der Waals surface area contributed by atoms with Crippen molar-refractivity contribution in [2.75, 3.05) is 6.61 Å². The fourth-order valence-electron chi connectivity index (χ4n) is 2.65. The third-order valence-corrected chi connectivity index (χ3v) is 4.13. The number of aliphatic hydroxyl groups excluding tert-OH is 2. The van der Waals surface area contributed by atoms with Gasteiger partial charge in [0.05, 0.1) is 30.5 Å². The highest BCUT2D eigenvalue weighted by molar-refractivity contribution is 6.02. The summed E-state index contributed by atoms with van der Waals surface area (Å²) in [5, 5.41) is 19.5. The average molecular weight is 318 g/mol. The molecule has 0 bridgehead atoms. The second-order valence-electron chi connectivity index (χ2n) is 5.67. The Morgan fingerprint density at radius 3 is 2.52 bits per heavy atom. The van der Waals surface area contributed by atoms with E-state index in [0.29, 0.717) is 24.2 Å². The van der Waals surface area contributed by atoms with Gasteiger partial charge in [0, 0.05) is 0 Å². The van der Waals surface area contributed by atoms with Gasteiger partial charge in [0.15, 0.2) is 5.78 Å². The van der Waals surface area contributed by atoms with Gasteiger partial charge in [-0.15, -0.1) is 6.58 Å². The van der Waals surface area contributed by atoms with Crippen LogP contribution in [0.3, 0.4) is 0 Å². The normalized spacial score (nSPS) is 26.2. The first-order valence-corrected chi connectivity index (χ1v) is 7.79. The fourth-order valence-corrected chi connectivity index (χ4v) is 2.65. The molecule has 4 nitrogen and oxygen atoms in total. The number of allylic oxidation sites excluding steroid dienone is 5. The van der Waals surface area contributed by atoms with Gasteiger partial charge < -0.3 is 14.9 Å². The molecule has 1 heterocycles. The number of rotatable bonds is 7. The molecule has 0 aromatic carbocycles. The van der Waals surface area contributed by atoms with Gasteiger partial charge >= 0.3 is 0 Å². The topological polar surface area (TPSA) is 66.8 Å². The van der Waals surface area contributed by atoms with Gasteiger partial charge in [0.1, 0.15) is 5.76 Å². The van der Waals surface area contributed by atoms with Crippen LogP contribution in [0.5, 0.6) is 0 Å². The standard InChI is InChI=1S/C19H26O4/c1-6-12(4)15(9-14(21)7-2)16(10-20)19(22)18-13(5)11-23-17(18)8-3/h7-10,13,17-18,20-21H,3-4,6,11H2,1-2,5H3/b14-7+,15-9+,16-10?. The van der Waals surface area contributed by atoms with Crippen LogP contribution in [0.2, 0.25) is 0 Å². The van der Waals surface area contributed by atoms with E-state index in [1.807, 2.05) is 13.8 Å². The highest BCUT2D eigenvalue weighted by atomic mass is 16.5. The van der Waals surface area contributed by atoms with Crippen LogP contribution in [0.15, 0.2) is 60.1 Å². The molecule has 1 saturated heterocycles. The highest BCUT2D eigenvalue weighted by Gasteiger charge is 2.40. The van der Waals surface area contributed by atoms with Gasteiger partial charge in [-0.3, -0.25) is 4.79 Å². The number of aliphatic hydroxyl groups is 2. The third kappa shape index (κ3) is 4.23. The van der Waals surface area contributed by atoms with Crippen LogP contribution in [0.25, 0.3) is 0 Å². The Kier molecular flexibility index (Phi) is 7.04. The zero-order valence-corrected chi connectivity index (χ0v) is 14.1. The van der Waals surface area contributed by atoms with Crippen molar-refractivity contribution >= 4 is 5.78 Å². The summed E-state index contributed by atoms with van der Waals surface area (Å²) in [4.78, 5) is 12.9. The lowest BCUT2D eigenvalue weighted by Gasteiger charge is -2.20. The van der Waals surface area contributed by atoms with Crippen molar-refractivity contribution in [3.63, 3.8) is 0 Å². The molecule has 3 atom stereocenters. The van der Waals surface area contributed by atoms with E-state index in [1.165, 1.54) is 12.2 Å². The number of carbonyl (C=O) groups is 1. The van der Waals surface area contributed by atoms with Crippen LogP contribution < -0.4 is 0 Å². The molecule has 0 aromatic rings. The van der Waals surface area contributed by atoms with E-state index in [4.69, 9.17) is 4.74 Å². The SMILES string of the molecule is C=CC1OCC(C)C1C(=O)C(=CO)/C(=C/C(O)=C\C)C(=C)CC. The second-order valence-corrected chi connectivity index (χ2v) is 5.67. The third-order valence-electron chi connectivity index (χ3n) is 4.13. The van der Waals surface area contributed by atoms with Crippen molar-refractivity contribution in [2.24, 2.45) is 11.8 Å². The Morgan fingerprint density at radius 2 is 2.04 bits per heavy atom. The van der Waals surface area contributed by atoms with Crippen molar-refractivity contribution in [1.29, 1.82) is 0 Å². The summed E-state index contributed by atoms with van der Waals surface area (Å²) in [6.45, 7) is 13.6. The number of Topliss-reactive ketones (excluding diaryl/α,β-unsaturated/α-hetero) is 1. The Hall–Kier alpha value is -2.07. The van der Waals surface area contributed by atoms with E-state index in [1.54, 1.807) is 13.0 Å². The molecule has 1 aliphatic heterocycles. The number of carbonyl (C=O) groups excluding carboxylic acids is 1. The predicted molar refractivity (Wildman–Crippen MR) is 92.2 cm³/mol. The number of hydrogen-bond donors (Lipinski definition) is 2. The maximum Gasteiger partial charge on any atom is 0.172 e. The molecule has 0 amide bonds. The van der Waals surface area contributed by atoms with Crippen LogP contribution >= 0.6 is 0 Å². The zero-order valence-electron chi connectivity index (χ0n) is 14.1. The Morgan fingerprint density at radius 1 is 1.39 bits per heavy atom. The molecular weight excluding hydrogens is 292 g/mol. The molecule has 0 aromatic heterocycles. The molecule has 1 rings (SSSR count). The zero-order chi connectivity index (χ0) is 17.6. The molecule has 4 heteroatoms. The summed E-state index contributed by atoms with van der Waals surface area (Å²) in [7, 11) is 0. The van der Waals surface area contributed by atoms with Crippen LogP contribution in [0.1, 0.15) is 27.2 Å². The van der Waals surface area contributed by atoms with Crippen LogP contribution in [-0.2, 0) is 9.53 Å². The largest absolute Gasteiger partial charge is 0.515 e. The van der Waals surface area contributed by atoms with Crippen molar-refractivity contribution in [3.8, 4) is 0 Å². The number of ether oxygens (including phenoxy) is 1. The second kappa shape index (κ2) is 8.53. The van der Waals surface area contributed by atoms with Gasteiger partial charge in [-0.25, -0.2) is 0 Å². The molecule has 1 aliphatic rings. The summed E-state index contributed by atoms with van der Waals surface area (Å²) in [6.07, 6.45) is 5.59. The lowest BCUT2D eigenvalue weighted by atomic mass is 9.81. The van der Waals surface area contributed by atoms with Crippen molar-refractivity contribution in [2.45, 2.75) is 33.3 Å². The predicted octanol–water partition coefficient (Wildman–Crippen LogP) is 4.19. The molecule has 0 aliphatic carbocycles. The lowest BCUT2D eigenvalue weighted by molar-refractivity contribution is -0.120. The first kappa shape index (κ1) is 19.0. The van der Waals surface area contributed by atoms with Crippen LogP contribution in [0, 0.1) is 11.8 Å². The summed E-state index contributed by atoms with van der Waals surface area (Å²) in [6, 6.07) is 0. The van der Waals surface area contributed by atoms with Crippen LogP contribution in [0.4, 0.5) is 0 Å². The summed E-state index contributed by atoms with van der Waals surface area (Å²) < 4.78 is 5.56. The molecule has 0 radical (unpaired) electrons. The van der Waals surface area contributed by atoms with E-state index in [9.17, 15) is 15.0 Å². The minimum Gasteiger partial charge on any atom is -0.515 e. The molecule has 3 unspecified atom stereocenters. The molecule has 23 heavy (non-hydrogen) atoms. The maximum absolute atomic E-state index is 12.9. The smallest absolute Gasteiger partial charge is 0.172 e. The molecule has 2 N–H and O–H groups in total. The monoisotopic (exact) mass is 318 g/mol. The maximum atomic E-state index is 12.9. The van der Waals surface area contributed by atoms with Gasteiger partial charge in [0.25, 0.3) is 0 Å². The summed E-state index contributed by atoms with van der Waals surface area (Å²) in [5.74, 6) is -0.608. The lowest BCUT2D eigenvalue weighted by Crippen LogP contribution is -2.29. The Labute approximate surface area is 138 Å². The molecular formula is C19H26O4. The number of hydrogen-bond acceptors (Lipinski definition) is 4. The first-order chi connectivity index (χ1) is 10.9. The summed E-state index contributed by atoms with van der Waals surface area (Å²) in [5.41, 5.74) is 1.24. The van der Waals surface area contributed by atoms with Gasteiger partial charge in [-0.05, 0) is 42.6 Å². The Bertz CT molecular complexity index is 566. The first-order valence-electron chi connectivity index (χ1n) is 7.79. The van der Waals surface area contributed by atoms with Crippen molar-refractivity contribution in [3.05, 3.63) is 60.1 Å². The van der Waals surface area contributed by atoms with E-state index < -0.39 is 5.92 Å². The van der Waals surface area contributed by atoms with Crippen LogP contribution in [-0.4, -0.2) is 28.7 Å². The quantitative estimate of drug-likeness (QED) is 0.320. The van der Waals surface area contributed by atoms with E-state index >= 15 is 0 Å². The van der Waals surface area contributed by atoms with Crippen molar-refractivity contribution < 1.29 is 19.7 Å². The van der Waals surface area contributed by atoms with Gasteiger partial charge in [-0.1, -0.05) is 26.5 Å².